The molecular formula is C11H22N2O4S. The standard InChI is InChI=1S/C11H22N2O4S/c1-8-6-13(7-9(2)17-8)11(14)10(12)4-5-18(3,15)16/h8-10H,4-7,12H2,1-3H3/t8-,9+,10?. The number of carbonyl (C=O) groups is 1. The number of sulfone groups is 1. The van der Waals surface area contributed by atoms with Crippen molar-refractivity contribution in [2.45, 2.75) is 38.5 Å². The molecule has 0 saturated carbocycles. The van der Waals surface area contributed by atoms with Crippen LogP contribution in [0.5, 0.6) is 0 Å². The van der Waals surface area contributed by atoms with E-state index in [0.717, 1.165) is 6.26 Å². The topological polar surface area (TPSA) is 89.7 Å². The fourth-order valence-corrected chi connectivity index (χ4v) is 2.74. The highest BCUT2D eigenvalue weighted by molar-refractivity contribution is 7.90. The molecule has 0 bridgehead atoms. The van der Waals surface area contributed by atoms with Gasteiger partial charge in [0.2, 0.25) is 5.91 Å². The van der Waals surface area contributed by atoms with Gasteiger partial charge in [-0.2, -0.15) is 0 Å². The molecular weight excluding hydrogens is 256 g/mol. The highest BCUT2D eigenvalue weighted by Gasteiger charge is 2.29. The lowest BCUT2D eigenvalue weighted by Crippen LogP contribution is -2.53. The van der Waals surface area contributed by atoms with Crippen molar-refractivity contribution >= 4 is 15.7 Å². The third kappa shape index (κ3) is 4.91. The number of morpholine rings is 1. The largest absolute Gasteiger partial charge is 0.372 e. The van der Waals surface area contributed by atoms with Gasteiger partial charge in [0, 0.05) is 19.3 Å². The number of rotatable bonds is 4. The molecule has 1 amide bonds. The summed E-state index contributed by atoms with van der Waals surface area (Å²) in [5.41, 5.74) is 5.75. The zero-order valence-electron chi connectivity index (χ0n) is 11.1. The van der Waals surface area contributed by atoms with Crippen LogP contribution in [0.15, 0.2) is 0 Å². The van der Waals surface area contributed by atoms with Crippen molar-refractivity contribution in [2.75, 3.05) is 25.1 Å². The second-order valence-corrected chi connectivity index (χ2v) is 7.29. The molecule has 0 aromatic carbocycles. The summed E-state index contributed by atoms with van der Waals surface area (Å²) in [7, 11) is -3.08. The fraction of sp³-hybridized carbons (Fsp3) is 0.909. The van der Waals surface area contributed by atoms with Crippen LogP contribution in [0.4, 0.5) is 0 Å². The lowest BCUT2D eigenvalue weighted by atomic mass is 10.1. The summed E-state index contributed by atoms with van der Waals surface area (Å²) in [6, 6.07) is -0.753. The molecule has 6 nitrogen and oxygen atoms in total. The highest BCUT2D eigenvalue weighted by atomic mass is 32.2. The molecule has 18 heavy (non-hydrogen) atoms. The van der Waals surface area contributed by atoms with Crippen LogP contribution in [-0.4, -0.2) is 62.6 Å². The lowest BCUT2D eigenvalue weighted by molar-refractivity contribution is -0.144. The lowest BCUT2D eigenvalue weighted by Gasteiger charge is -2.36. The number of carbonyl (C=O) groups excluding carboxylic acids is 1. The minimum atomic E-state index is -3.08. The van der Waals surface area contributed by atoms with E-state index in [1.54, 1.807) is 4.90 Å². The molecule has 1 unspecified atom stereocenters. The van der Waals surface area contributed by atoms with Gasteiger partial charge in [0.25, 0.3) is 0 Å². The second kappa shape index (κ2) is 5.99. The van der Waals surface area contributed by atoms with E-state index in [9.17, 15) is 13.2 Å². The molecule has 3 atom stereocenters. The average Bonchev–Trinajstić information content (AvgIpc) is 2.22. The van der Waals surface area contributed by atoms with Crippen LogP contribution in [0.2, 0.25) is 0 Å². The maximum Gasteiger partial charge on any atom is 0.239 e. The van der Waals surface area contributed by atoms with Gasteiger partial charge in [0.15, 0.2) is 0 Å². The Labute approximate surface area is 108 Å². The molecule has 0 aromatic heterocycles. The van der Waals surface area contributed by atoms with Crippen LogP contribution in [0.1, 0.15) is 20.3 Å². The van der Waals surface area contributed by atoms with Crippen molar-refractivity contribution in [3.8, 4) is 0 Å². The van der Waals surface area contributed by atoms with Gasteiger partial charge in [0.05, 0.1) is 24.0 Å². The van der Waals surface area contributed by atoms with Crippen LogP contribution in [-0.2, 0) is 19.4 Å². The van der Waals surface area contributed by atoms with Gasteiger partial charge in [-0.05, 0) is 20.3 Å². The third-order valence-corrected chi connectivity index (χ3v) is 3.83. The highest BCUT2D eigenvalue weighted by Crippen LogP contribution is 2.12. The van der Waals surface area contributed by atoms with Gasteiger partial charge >= 0.3 is 0 Å². The summed E-state index contributed by atoms with van der Waals surface area (Å²) in [4.78, 5) is 13.7. The van der Waals surface area contributed by atoms with E-state index >= 15 is 0 Å². The Bertz CT molecular complexity index is 386. The van der Waals surface area contributed by atoms with Crippen LogP contribution in [0.3, 0.4) is 0 Å². The van der Waals surface area contributed by atoms with Crippen molar-refractivity contribution in [3.05, 3.63) is 0 Å². The monoisotopic (exact) mass is 278 g/mol. The number of hydrogen-bond donors (Lipinski definition) is 1. The maximum absolute atomic E-state index is 12.1. The Hall–Kier alpha value is -0.660. The fourth-order valence-electron chi connectivity index (χ4n) is 2.06. The molecule has 106 valence electrons. The van der Waals surface area contributed by atoms with E-state index < -0.39 is 15.9 Å². The van der Waals surface area contributed by atoms with Crippen molar-refractivity contribution in [1.29, 1.82) is 0 Å². The minimum Gasteiger partial charge on any atom is -0.372 e. The molecule has 2 N–H and O–H groups in total. The van der Waals surface area contributed by atoms with Crippen LogP contribution >= 0.6 is 0 Å². The number of ether oxygens (including phenoxy) is 1. The Morgan fingerprint density at radius 3 is 2.33 bits per heavy atom. The number of amides is 1. The summed E-state index contributed by atoms with van der Waals surface area (Å²) in [5, 5.41) is 0. The van der Waals surface area contributed by atoms with E-state index in [-0.39, 0.29) is 30.3 Å². The first-order valence-electron chi connectivity index (χ1n) is 6.06. The van der Waals surface area contributed by atoms with E-state index in [0.29, 0.717) is 13.1 Å². The molecule has 1 fully saturated rings. The van der Waals surface area contributed by atoms with E-state index in [1.165, 1.54) is 0 Å². The quantitative estimate of drug-likeness (QED) is 0.740. The number of nitrogens with zero attached hydrogens (tertiary/aromatic N) is 1. The Kier molecular flexibility index (Phi) is 5.12. The van der Waals surface area contributed by atoms with Gasteiger partial charge in [-0.25, -0.2) is 8.42 Å². The van der Waals surface area contributed by atoms with Crippen LogP contribution in [0.25, 0.3) is 0 Å². The summed E-state index contributed by atoms with van der Waals surface area (Å²) >= 11 is 0. The molecule has 0 spiro atoms. The van der Waals surface area contributed by atoms with Gasteiger partial charge in [-0.1, -0.05) is 0 Å². The molecule has 1 aliphatic rings. The second-order valence-electron chi connectivity index (χ2n) is 5.03. The normalized spacial score (nSPS) is 27.0. The molecule has 0 aliphatic carbocycles. The molecule has 7 heteroatoms. The van der Waals surface area contributed by atoms with Crippen LogP contribution in [0, 0.1) is 0 Å². The van der Waals surface area contributed by atoms with Crippen molar-refractivity contribution in [3.63, 3.8) is 0 Å². The van der Waals surface area contributed by atoms with E-state index in [1.807, 2.05) is 13.8 Å². The predicted octanol–water partition coefficient (Wildman–Crippen LogP) is -0.616. The molecule has 1 heterocycles. The third-order valence-electron chi connectivity index (χ3n) is 2.85. The first kappa shape index (κ1) is 15.4. The molecule has 1 saturated heterocycles. The Morgan fingerprint density at radius 1 is 1.39 bits per heavy atom. The van der Waals surface area contributed by atoms with E-state index in [2.05, 4.69) is 0 Å². The summed E-state index contributed by atoms with van der Waals surface area (Å²) in [6.07, 6.45) is 1.28. The van der Waals surface area contributed by atoms with Gasteiger partial charge in [-0.15, -0.1) is 0 Å². The van der Waals surface area contributed by atoms with Gasteiger partial charge in [-0.3, -0.25) is 4.79 Å². The van der Waals surface area contributed by atoms with Crippen molar-refractivity contribution in [2.24, 2.45) is 5.73 Å². The van der Waals surface area contributed by atoms with Crippen molar-refractivity contribution in [1.82, 2.24) is 4.90 Å². The Morgan fingerprint density at radius 2 is 1.89 bits per heavy atom. The molecule has 0 radical (unpaired) electrons. The first-order chi connectivity index (χ1) is 8.19. The molecule has 0 aromatic rings. The summed E-state index contributed by atoms with van der Waals surface area (Å²) < 4.78 is 27.6. The van der Waals surface area contributed by atoms with Gasteiger partial charge in [0.1, 0.15) is 9.84 Å². The first-order valence-corrected chi connectivity index (χ1v) is 8.12. The SMILES string of the molecule is C[C@@H]1CN(C(=O)C(N)CCS(C)(=O)=O)C[C@H](C)O1. The molecule has 1 rings (SSSR count). The Balaban J connectivity index is 2.52. The molecule has 1 aliphatic heterocycles. The number of nitrogens with two attached hydrogens (primary N) is 1. The van der Waals surface area contributed by atoms with Gasteiger partial charge < -0.3 is 15.4 Å². The zero-order chi connectivity index (χ0) is 13.9. The summed E-state index contributed by atoms with van der Waals surface area (Å²) in [6.45, 7) is 4.82. The predicted molar refractivity (Wildman–Crippen MR) is 68.9 cm³/mol. The number of hydrogen-bond acceptors (Lipinski definition) is 5. The summed E-state index contributed by atoms with van der Waals surface area (Å²) in [5.74, 6) is -0.254. The maximum atomic E-state index is 12.1. The average molecular weight is 278 g/mol. The van der Waals surface area contributed by atoms with Crippen molar-refractivity contribution < 1.29 is 17.9 Å². The zero-order valence-corrected chi connectivity index (χ0v) is 11.9. The van der Waals surface area contributed by atoms with Crippen LogP contribution < -0.4 is 5.73 Å². The minimum absolute atomic E-state index is 0.0141. The van der Waals surface area contributed by atoms with E-state index in [4.69, 9.17) is 10.5 Å². The smallest absolute Gasteiger partial charge is 0.239 e.